The van der Waals surface area contributed by atoms with Crippen LogP contribution in [-0.2, 0) is 10.0 Å². The number of carbonyl (C=O) groups is 1. The van der Waals surface area contributed by atoms with Gasteiger partial charge in [-0.05, 0) is 60.6 Å². The Kier molecular flexibility index (Phi) is 6.76. The maximum absolute atomic E-state index is 13.2. The summed E-state index contributed by atoms with van der Waals surface area (Å²) in [6.45, 7) is 11.3. The molecule has 0 saturated carbocycles. The van der Waals surface area contributed by atoms with E-state index in [2.05, 4.69) is 15.0 Å². The second kappa shape index (κ2) is 9.03. The lowest BCUT2D eigenvalue weighted by molar-refractivity contribution is 0.0976. The summed E-state index contributed by atoms with van der Waals surface area (Å²) < 4.78 is 30.0. The van der Waals surface area contributed by atoms with Crippen LogP contribution in [0, 0.1) is 13.8 Å². The second-order valence-electron chi connectivity index (χ2n) is 8.43. The average Bonchev–Trinajstić information content (AvgIpc) is 3.08. The van der Waals surface area contributed by atoms with Crippen LogP contribution >= 0.6 is 11.6 Å². The maximum Gasteiger partial charge on any atom is 0.287 e. The standard InChI is InChI=1S/C23H27ClN4O3S/c1-13(2)17-8-9-18(14(3)4)21(12-17)32(30,31)26-23(29)22-16(6)28(27-25-22)20-10-7-15(5)11-19(20)24/h7-14H,1-6H3,(H,26,29). The summed E-state index contributed by atoms with van der Waals surface area (Å²) in [5.74, 6) is -0.743. The van der Waals surface area contributed by atoms with Gasteiger partial charge in [0.1, 0.15) is 0 Å². The molecule has 0 atom stereocenters. The van der Waals surface area contributed by atoms with Gasteiger partial charge in [0.15, 0.2) is 5.69 Å². The minimum Gasteiger partial charge on any atom is -0.266 e. The van der Waals surface area contributed by atoms with Gasteiger partial charge in [0.2, 0.25) is 0 Å². The van der Waals surface area contributed by atoms with Crippen molar-refractivity contribution < 1.29 is 13.2 Å². The molecule has 9 heteroatoms. The largest absolute Gasteiger partial charge is 0.287 e. The van der Waals surface area contributed by atoms with Gasteiger partial charge < -0.3 is 0 Å². The number of carbonyl (C=O) groups excluding carboxylic acids is 1. The maximum atomic E-state index is 13.2. The summed E-state index contributed by atoms with van der Waals surface area (Å²) in [5, 5.41) is 8.37. The molecule has 0 aliphatic rings. The van der Waals surface area contributed by atoms with Gasteiger partial charge >= 0.3 is 0 Å². The lowest BCUT2D eigenvalue weighted by Crippen LogP contribution is -2.32. The van der Waals surface area contributed by atoms with Crippen LogP contribution in [0.1, 0.15) is 72.4 Å². The first kappa shape index (κ1) is 23.9. The summed E-state index contributed by atoms with van der Waals surface area (Å²) in [6.07, 6.45) is 0. The first-order chi connectivity index (χ1) is 14.9. The van der Waals surface area contributed by atoms with Crippen LogP contribution in [0.15, 0.2) is 41.3 Å². The molecule has 0 aliphatic carbocycles. The Morgan fingerprint density at radius 2 is 1.72 bits per heavy atom. The van der Waals surface area contributed by atoms with E-state index in [9.17, 15) is 13.2 Å². The van der Waals surface area contributed by atoms with Crippen LogP contribution in [0.5, 0.6) is 0 Å². The van der Waals surface area contributed by atoms with E-state index in [4.69, 9.17) is 11.6 Å². The van der Waals surface area contributed by atoms with Gasteiger partial charge in [-0.25, -0.2) is 17.8 Å². The van der Waals surface area contributed by atoms with Gasteiger partial charge in [-0.2, -0.15) is 0 Å². The van der Waals surface area contributed by atoms with E-state index in [1.807, 2.05) is 46.8 Å². The highest BCUT2D eigenvalue weighted by atomic mass is 35.5. The van der Waals surface area contributed by atoms with Crippen molar-refractivity contribution in [2.24, 2.45) is 0 Å². The topological polar surface area (TPSA) is 93.9 Å². The summed E-state index contributed by atoms with van der Waals surface area (Å²) in [6, 6.07) is 10.8. The van der Waals surface area contributed by atoms with Crippen molar-refractivity contribution >= 4 is 27.5 Å². The molecule has 0 fully saturated rings. The van der Waals surface area contributed by atoms with Gasteiger partial charge in [0.25, 0.3) is 15.9 Å². The van der Waals surface area contributed by atoms with Crippen molar-refractivity contribution in [1.82, 2.24) is 19.7 Å². The third kappa shape index (κ3) is 4.71. The second-order valence-corrected chi connectivity index (χ2v) is 10.5. The average molecular weight is 475 g/mol. The Bertz CT molecular complexity index is 1280. The zero-order valence-corrected chi connectivity index (χ0v) is 20.5. The number of nitrogens with one attached hydrogen (secondary N) is 1. The van der Waals surface area contributed by atoms with E-state index in [1.54, 1.807) is 31.2 Å². The molecule has 170 valence electrons. The molecule has 0 bridgehead atoms. The zero-order chi connectivity index (χ0) is 23.8. The predicted molar refractivity (Wildman–Crippen MR) is 125 cm³/mol. The Balaban J connectivity index is 1.97. The third-order valence-electron chi connectivity index (χ3n) is 5.28. The Hall–Kier alpha value is -2.71. The highest BCUT2D eigenvalue weighted by molar-refractivity contribution is 7.90. The molecule has 1 heterocycles. The van der Waals surface area contributed by atoms with Gasteiger partial charge in [-0.3, -0.25) is 4.79 Å². The highest BCUT2D eigenvalue weighted by Gasteiger charge is 2.27. The van der Waals surface area contributed by atoms with Crippen LogP contribution in [0.4, 0.5) is 0 Å². The number of halogens is 1. The molecule has 3 rings (SSSR count). The predicted octanol–water partition coefficient (Wildman–Crippen LogP) is 4.90. The van der Waals surface area contributed by atoms with Gasteiger partial charge in [0.05, 0.1) is 21.3 Å². The summed E-state index contributed by atoms with van der Waals surface area (Å²) in [7, 11) is -4.13. The molecule has 1 amide bonds. The van der Waals surface area contributed by atoms with Crippen LogP contribution in [0.25, 0.3) is 5.69 Å². The number of aromatic nitrogens is 3. The number of hydrogen-bond donors (Lipinski definition) is 1. The molecule has 7 nitrogen and oxygen atoms in total. The van der Waals surface area contributed by atoms with Crippen molar-refractivity contribution in [2.45, 2.75) is 58.3 Å². The number of benzene rings is 2. The molecule has 1 aromatic heterocycles. The highest BCUT2D eigenvalue weighted by Crippen LogP contribution is 2.28. The van der Waals surface area contributed by atoms with E-state index in [0.717, 1.165) is 11.1 Å². The molecule has 2 aromatic carbocycles. The molecule has 0 unspecified atom stereocenters. The molecule has 3 aromatic rings. The molecule has 0 radical (unpaired) electrons. The number of sulfonamides is 1. The number of amides is 1. The van der Waals surface area contributed by atoms with E-state index in [-0.39, 0.29) is 22.4 Å². The van der Waals surface area contributed by atoms with E-state index < -0.39 is 15.9 Å². The van der Waals surface area contributed by atoms with E-state index in [1.165, 1.54) is 4.68 Å². The lowest BCUT2D eigenvalue weighted by atomic mass is 9.97. The fourth-order valence-corrected chi connectivity index (χ4v) is 5.07. The van der Waals surface area contributed by atoms with E-state index in [0.29, 0.717) is 22.0 Å². The molecular formula is C23H27ClN4O3S. The summed E-state index contributed by atoms with van der Waals surface area (Å²) in [4.78, 5) is 13.0. The molecular weight excluding hydrogens is 448 g/mol. The minimum absolute atomic E-state index is 0.0378. The zero-order valence-electron chi connectivity index (χ0n) is 19.0. The minimum atomic E-state index is -4.13. The Morgan fingerprint density at radius 1 is 1.03 bits per heavy atom. The molecule has 0 aliphatic heterocycles. The van der Waals surface area contributed by atoms with E-state index >= 15 is 0 Å². The normalized spacial score (nSPS) is 11.9. The molecule has 32 heavy (non-hydrogen) atoms. The molecule has 0 spiro atoms. The van der Waals surface area contributed by atoms with Crippen molar-refractivity contribution in [2.75, 3.05) is 0 Å². The Morgan fingerprint density at radius 3 is 2.31 bits per heavy atom. The van der Waals surface area contributed by atoms with Crippen LogP contribution in [0.2, 0.25) is 5.02 Å². The summed E-state index contributed by atoms with van der Waals surface area (Å²) >= 11 is 6.31. The van der Waals surface area contributed by atoms with Crippen molar-refractivity contribution in [1.29, 1.82) is 0 Å². The fourth-order valence-electron chi connectivity index (χ4n) is 3.40. The number of rotatable bonds is 6. The molecule has 0 saturated heterocycles. The van der Waals surface area contributed by atoms with Gasteiger partial charge in [0, 0.05) is 0 Å². The van der Waals surface area contributed by atoms with Crippen LogP contribution in [0.3, 0.4) is 0 Å². The number of nitrogens with zero attached hydrogens (tertiary/aromatic N) is 3. The van der Waals surface area contributed by atoms with Crippen molar-refractivity contribution in [3.05, 3.63) is 69.5 Å². The first-order valence-corrected chi connectivity index (χ1v) is 12.2. The van der Waals surface area contributed by atoms with Crippen LogP contribution in [-0.4, -0.2) is 29.3 Å². The fraction of sp³-hybridized carbons (Fsp3) is 0.348. The van der Waals surface area contributed by atoms with Crippen molar-refractivity contribution in [3.8, 4) is 5.69 Å². The monoisotopic (exact) mass is 474 g/mol. The van der Waals surface area contributed by atoms with Crippen LogP contribution < -0.4 is 4.72 Å². The lowest BCUT2D eigenvalue weighted by Gasteiger charge is -2.16. The number of hydrogen-bond acceptors (Lipinski definition) is 5. The third-order valence-corrected chi connectivity index (χ3v) is 6.97. The van der Waals surface area contributed by atoms with Gasteiger partial charge in [-0.1, -0.05) is 62.7 Å². The molecule has 1 N–H and O–H groups in total. The first-order valence-electron chi connectivity index (χ1n) is 10.3. The van der Waals surface area contributed by atoms with Gasteiger partial charge in [-0.15, -0.1) is 5.10 Å². The summed E-state index contributed by atoms with van der Waals surface area (Å²) in [5.41, 5.74) is 3.33. The SMILES string of the molecule is Cc1ccc(-n2nnc(C(=O)NS(=O)(=O)c3cc(C(C)C)ccc3C(C)C)c2C)c(Cl)c1. The quantitative estimate of drug-likeness (QED) is 0.548. The smallest absolute Gasteiger partial charge is 0.266 e. The Labute approximate surface area is 193 Å². The van der Waals surface area contributed by atoms with Crippen molar-refractivity contribution in [3.63, 3.8) is 0 Å². The number of aryl methyl sites for hydroxylation is 1.